The van der Waals surface area contributed by atoms with Gasteiger partial charge in [-0.1, -0.05) is 0 Å². The lowest BCUT2D eigenvalue weighted by Gasteiger charge is -2.19. The van der Waals surface area contributed by atoms with E-state index in [1.807, 2.05) is 0 Å². The second kappa shape index (κ2) is 9.27. The zero-order chi connectivity index (χ0) is 16.6. The predicted octanol–water partition coefficient (Wildman–Crippen LogP) is -1.87. The van der Waals surface area contributed by atoms with Crippen molar-refractivity contribution >= 4 is 17.9 Å². The highest BCUT2D eigenvalue weighted by molar-refractivity contribution is 5.75. The fourth-order valence-corrected chi connectivity index (χ4v) is 0.970. The number of hydrogen-bond acceptors (Lipinski definition) is 9. The molecule has 0 saturated carbocycles. The Morgan fingerprint density at radius 1 is 0.762 bits per heavy atom. The summed E-state index contributed by atoms with van der Waals surface area (Å²) >= 11 is 0. The molecule has 0 aromatic rings. The summed E-state index contributed by atoms with van der Waals surface area (Å²) in [6.07, 6.45) is -5.30. The molecule has 0 fully saturated rings. The summed E-state index contributed by atoms with van der Waals surface area (Å²) in [5.41, 5.74) is 0. The third-order valence-electron chi connectivity index (χ3n) is 2.13. The zero-order valence-corrected chi connectivity index (χ0v) is 12.0. The van der Waals surface area contributed by atoms with Crippen molar-refractivity contribution < 1.29 is 43.9 Å². The largest absolute Gasteiger partial charge is 0.460 e. The number of rotatable bonds is 8. The minimum absolute atomic E-state index is 0.477. The molecule has 0 aromatic heterocycles. The molecule has 9 heteroatoms. The number of esters is 3. The smallest absolute Gasteiger partial charge is 0.335 e. The summed E-state index contributed by atoms with van der Waals surface area (Å²) in [6, 6.07) is 0. The van der Waals surface area contributed by atoms with E-state index in [1.54, 1.807) is 0 Å². The van der Waals surface area contributed by atoms with Crippen LogP contribution in [0.25, 0.3) is 0 Å². The Morgan fingerprint density at radius 3 is 1.38 bits per heavy atom. The van der Waals surface area contributed by atoms with Gasteiger partial charge in [-0.25, -0.2) is 14.4 Å². The number of ether oxygens (including phenoxy) is 3. The highest BCUT2D eigenvalue weighted by Gasteiger charge is 2.23. The maximum absolute atomic E-state index is 11.3. The number of aliphatic hydroxyl groups is 3. The maximum Gasteiger partial charge on any atom is 0.335 e. The molecular formula is C12H20O9. The zero-order valence-electron chi connectivity index (χ0n) is 12.0. The van der Waals surface area contributed by atoms with E-state index in [2.05, 4.69) is 9.47 Å². The Labute approximate surface area is 121 Å². The van der Waals surface area contributed by atoms with Crippen LogP contribution in [0.2, 0.25) is 0 Å². The predicted molar refractivity (Wildman–Crippen MR) is 66.8 cm³/mol. The van der Waals surface area contributed by atoms with Crippen molar-refractivity contribution in [3.63, 3.8) is 0 Å². The third kappa shape index (κ3) is 8.23. The fraction of sp³-hybridized carbons (Fsp3) is 0.750. The minimum atomic E-state index is -1.41. The topological polar surface area (TPSA) is 140 Å². The van der Waals surface area contributed by atoms with Crippen LogP contribution in [-0.4, -0.2) is 70.9 Å². The molecule has 0 aromatic carbocycles. The minimum Gasteiger partial charge on any atom is -0.460 e. The van der Waals surface area contributed by atoms with Crippen molar-refractivity contribution in [1.29, 1.82) is 0 Å². The van der Waals surface area contributed by atoms with Crippen molar-refractivity contribution in [3.8, 4) is 0 Å². The van der Waals surface area contributed by atoms with Crippen LogP contribution in [0, 0.1) is 0 Å². The Balaban J connectivity index is 4.50. The maximum atomic E-state index is 11.3. The quantitative estimate of drug-likeness (QED) is 0.347. The summed E-state index contributed by atoms with van der Waals surface area (Å²) in [7, 11) is 0. The van der Waals surface area contributed by atoms with Crippen LogP contribution in [0.5, 0.6) is 0 Å². The first-order valence-corrected chi connectivity index (χ1v) is 6.23. The molecule has 0 radical (unpaired) electrons. The molecule has 122 valence electrons. The van der Waals surface area contributed by atoms with Gasteiger partial charge in [0.05, 0.1) is 0 Å². The van der Waals surface area contributed by atoms with Gasteiger partial charge in [0.15, 0.2) is 6.10 Å². The van der Waals surface area contributed by atoms with Crippen LogP contribution in [0.3, 0.4) is 0 Å². The highest BCUT2D eigenvalue weighted by atomic mass is 16.6. The lowest BCUT2D eigenvalue weighted by molar-refractivity contribution is -0.176. The van der Waals surface area contributed by atoms with E-state index in [-0.39, 0.29) is 0 Å². The first-order valence-electron chi connectivity index (χ1n) is 6.23. The van der Waals surface area contributed by atoms with Crippen molar-refractivity contribution in [2.24, 2.45) is 0 Å². The SMILES string of the molecule is C[C@H](O)C(=O)OCC(COC(=O)[C@H](C)O)OC(=O)[C@H](C)O. The standard InChI is InChI=1S/C12H20O9/c1-6(13)10(16)19-4-9(21-12(18)8(3)15)5-20-11(17)7(2)14/h6-9,13-15H,4-5H2,1-3H3/t6-,7-,8-/m0/s1. The summed E-state index contributed by atoms with van der Waals surface area (Å²) in [5, 5.41) is 26.9. The van der Waals surface area contributed by atoms with Crippen LogP contribution in [-0.2, 0) is 28.6 Å². The summed E-state index contributed by atoms with van der Waals surface area (Å²) < 4.78 is 14.0. The Kier molecular flexibility index (Phi) is 8.51. The molecule has 9 nitrogen and oxygen atoms in total. The first-order chi connectivity index (χ1) is 9.65. The van der Waals surface area contributed by atoms with Crippen LogP contribution in [0.15, 0.2) is 0 Å². The summed E-state index contributed by atoms with van der Waals surface area (Å²) in [6.45, 7) is 2.59. The van der Waals surface area contributed by atoms with Crippen LogP contribution < -0.4 is 0 Å². The van der Waals surface area contributed by atoms with Gasteiger partial charge in [0.1, 0.15) is 31.5 Å². The first kappa shape index (κ1) is 19.3. The average molecular weight is 308 g/mol. The Hall–Kier alpha value is -1.71. The van der Waals surface area contributed by atoms with Gasteiger partial charge >= 0.3 is 17.9 Å². The normalized spacial score (nSPS) is 15.0. The van der Waals surface area contributed by atoms with Crippen molar-refractivity contribution in [2.75, 3.05) is 13.2 Å². The Bertz CT molecular complexity index is 338. The summed E-state index contributed by atoms with van der Waals surface area (Å²) in [4.78, 5) is 33.5. The average Bonchev–Trinajstić information content (AvgIpc) is 2.40. The van der Waals surface area contributed by atoms with Crippen LogP contribution in [0.1, 0.15) is 20.8 Å². The van der Waals surface area contributed by atoms with Crippen molar-refractivity contribution in [2.45, 2.75) is 45.2 Å². The molecule has 3 N–H and O–H groups in total. The Morgan fingerprint density at radius 2 is 1.10 bits per heavy atom. The molecule has 0 unspecified atom stereocenters. The van der Waals surface area contributed by atoms with Crippen LogP contribution in [0.4, 0.5) is 0 Å². The van der Waals surface area contributed by atoms with Gasteiger partial charge in [0, 0.05) is 0 Å². The van der Waals surface area contributed by atoms with Crippen molar-refractivity contribution in [3.05, 3.63) is 0 Å². The number of aliphatic hydroxyl groups excluding tert-OH is 3. The second-order valence-corrected chi connectivity index (χ2v) is 4.35. The fourth-order valence-electron chi connectivity index (χ4n) is 0.970. The van der Waals surface area contributed by atoms with Gasteiger partial charge in [0.25, 0.3) is 0 Å². The number of carbonyl (C=O) groups excluding carboxylic acids is 3. The van der Waals surface area contributed by atoms with Gasteiger partial charge in [-0.2, -0.15) is 0 Å². The lowest BCUT2D eigenvalue weighted by atomic mass is 10.3. The molecule has 0 saturated heterocycles. The summed E-state index contributed by atoms with van der Waals surface area (Å²) in [5.74, 6) is -2.90. The van der Waals surface area contributed by atoms with Gasteiger partial charge in [-0.05, 0) is 20.8 Å². The van der Waals surface area contributed by atoms with Gasteiger partial charge in [0.2, 0.25) is 0 Å². The van der Waals surface area contributed by atoms with E-state index in [4.69, 9.17) is 20.1 Å². The number of hydrogen-bond donors (Lipinski definition) is 3. The molecule has 0 amide bonds. The molecule has 21 heavy (non-hydrogen) atoms. The van der Waals surface area contributed by atoms with Gasteiger partial charge in [-0.3, -0.25) is 0 Å². The molecule has 0 rings (SSSR count). The van der Waals surface area contributed by atoms with Gasteiger partial charge in [-0.15, -0.1) is 0 Å². The van der Waals surface area contributed by atoms with Gasteiger partial charge < -0.3 is 29.5 Å². The molecule has 0 aliphatic heterocycles. The molecule has 0 aliphatic rings. The van der Waals surface area contributed by atoms with Crippen molar-refractivity contribution in [1.82, 2.24) is 0 Å². The molecule has 0 bridgehead atoms. The number of carbonyl (C=O) groups is 3. The highest BCUT2D eigenvalue weighted by Crippen LogP contribution is 2.01. The van der Waals surface area contributed by atoms with E-state index < -0.39 is 55.5 Å². The van der Waals surface area contributed by atoms with Crippen LogP contribution >= 0.6 is 0 Å². The van der Waals surface area contributed by atoms with E-state index >= 15 is 0 Å². The second-order valence-electron chi connectivity index (χ2n) is 4.35. The lowest BCUT2D eigenvalue weighted by Crippen LogP contribution is -2.36. The van der Waals surface area contributed by atoms with E-state index in [1.165, 1.54) is 20.8 Å². The molecule has 0 heterocycles. The molecular weight excluding hydrogens is 288 g/mol. The van der Waals surface area contributed by atoms with E-state index in [0.717, 1.165) is 0 Å². The molecule has 0 aliphatic carbocycles. The monoisotopic (exact) mass is 308 g/mol. The van der Waals surface area contributed by atoms with E-state index in [0.29, 0.717) is 0 Å². The molecule has 3 atom stereocenters. The van der Waals surface area contributed by atoms with E-state index in [9.17, 15) is 14.4 Å². The molecule has 0 spiro atoms. The third-order valence-corrected chi connectivity index (χ3v) is 2.13.